The van der Waals surface area contributed by atoms with Crippen molar-refractivity contribution in [3.63, 3.8) is 0 Å². The van der Waals surface area contributed by atoms with E-state index in [-0.39, 0.29) is 11.3 Å². The number of carbonyl (C=O) groups excluding carboxylic acids is 1. The molecule has 0 aliphatic heterocycles. The highest BCUT2D eigenvalue weighted by molar-refractivity contribution is 6.30. The molecule has 1 saturated carbocycles. The Kier molecular flexibility index (Phi) is 4.25. The predicted octanol–water partition coefficient (Wildman–Crippen LogP) is 2.23. The maximum atomic E-state index is 11.5. The Morgan fingerprint density at radius 3 is 2.50 bits per heavy atom. The summed E-state index contributed by atoms with van der Waals surface area (Å²) in [5.41, 5.74) is 6.74. The van der Waals surface area contributed by atoms with Crippen molar-refractivity contribution in [1.82, 2.24) is 5.32 Å². The molecule has 0 spiro atoms. The van der Waals surface area contributed by atoms with E-state index in [9.17, 15) is 4.79 Å². The summed E-state index contributed by atoms with van der Waals surface area (Å²) in [6.07, 6.45) is 3.86. The van der Waals surface area contributed by atoms with Gasteiger partial charge in [0.2, 0.25) is 5.91 Å². The summed E-state index contributed by atoms with van der Waals surface area (Å²) in [7, 11) is 0. The molecule has 0 bridgehead atoms. The number of rotatable bonds is 5. The minimum atomic E-state index is 0.0396. The first-order chi connectivity index (χ1) is 8.66. The lowest BCUT2D eigenvalue weighted by molar-refractivity contribution is -0.121. The topological polar surface area (TPSA) is 55.1 Å². The molecule has 2 rings (SSSR count). The van der Waals surface area contributed by atoms with Crippen LogP contribution in [0.3, 0.4) is 0 Å². The first kappa shape index (κ1) is 13.4. The summed E-state index contributed by atoms with van der Waals surface area (Å²) in [5, 5.41) is 3.74. The van der Waals surface area contributed by atoms with Crippen molar-refractivity contribution in [2.75, 3.05) is 13.1 Å². The molecule has 1 aromatic rings. The van der Waals surface area contributed by atoms with Crippen molar-refractivity contribution in [2.24, 2.45) is 5.73 Å². The van der Waals surface area contributed by atoms with Gasteiger partial charge in [0.25, 0.3) is 0 Å². The molecule has 98 valence electrons. The molecular formula is C14H19ClN2O. The zero-order chi connectivity index (χ0) is 13.0. The Morgan fingerprint density at radius 2 is 2.00 bits per heavy atom. The summed E-state index contributed by atoms with van der Waals surface area (Å²) in [6, 6.07) is 7.96. The summed E-state index contributed by atoms with van der Waals surface area (Å²) in [4.78, 5) is 11.5. The highest BCUT2D eigenvalue weighted by Crippen LogP contribution is 2.43. The molecule has 0 radical (unpaired) electrons. The lowest BCUT2D eigenvalue weighted by Crippen LogP contribution is -2.45. The number of amides is 1. The van der Waals surface area contributed by atoms with Gasteiger partial charge in [0, 0.05) is 29.9 Å². The van der Waals surface area contributed by atoms with Gasteiger partial charge in [-0.25, -0.2) is 0 Å². The third kappa shape index (κ3) is 2.85. The number of hydrogen-bond acceptors (Lipinski definition) is 2. The molecule has 1 aromatic carbocycles. The van der Waals surface area contributed by atoms with E-state index in [4.69, 9.17) is 17.3 Å². The van der Waals surface area contributed by atoms with E-state index >= 15 is 0 Å². The largest absolute Gasteiger partial charge is 0.355 e. The fourth-order valence-electron chi connectivity index (χ4n) is 2.46. The van der Waals surface area contributed by atoms with Crippen molar-refractivity contribution < 1.29 is 4.79 Å². The number of hydrogen-bond donors (Lipinski definition) is 2. The second kappa shape index (κ2) is 5.72. The van der Waals surface area contributed by atoms with E-state index in [1.807, 2.05) is 12.1 Å². The van der Waals surface area contributed by atoms with E-state index in [1.54, 1.807) is 0 Å². The van der Waals surface area contributed by atoms with Gasteiger partial charge in [-0.15, -0.1) is 0 Å². The Labute approximate surface area is 113 Å². The number of nitrogens with one attached hydrogen (secondary N) is 1. The standard InChI is InChI=1S/C14H19ClN2O/c15-12-4-2-11(3-5-12)14(7-1-8-14)10-17-13(18)6-9-16/h2-5H,1,6-10,16H2,(H,17,18). The molecule has 0 unspecified atom stereocenters. The van der Waals surface area contributed by atoms with Crippen molar-refractivity contribution >= 4 is 17.5 Å². The zero-order valence-corrected chi connectivity index (χ0v) is 11.2. The summed E-state index contributed by atoms with van der Waals surface area (Å²) >= 11 is 5.91. The minimum Gasteiger partial charge on any atom is -0.355 e. The number of benzene rings is 1. The van der Waals surface area contributed by atoms with Crippen molar-refractivity contribution in [2.45, 2.75) is 31.1 Å². The van der Waals surface area contributed by atoms with E-state index in [1.165, 1.54) is 12.0 Å². The van der Waals surface area contributed by atoms with Gasteiger partial charge in [-0.2, -0.15) is 0 Å². The molecule has 1 amide bonds. The van der Waals surface area contributed by atoms with Crippen LogP contribution in [0.4, 0.5) is 0 Å². The van der Waals surface area contributed by atoms with Crippen LogP contribution in [0.1, 0.15) is 31.2 Å². The number of halogens is 1. The Hall–Kier alpha value is -1.06. The Bertz CT molecular complexity index is 412. The third-order valence-electron chi connectivity index (χ3n) is 3.76. The molecule has 0 heterocycles. The molecule has 4 heteroatoms. The zero-order valence-electron chi connectivity index (χ0n) is 10.4. The van der Waals surface area contributed by atoms with Crippen LogP contribution in [0, 0.1) is 0 Å². The van der Waals surface area contributed by atoms with Crippen LogP contribution < -0.4 is 11.1 Å². The van der Waals surface area contributed by atoms with Crippen LogP contribution in [-0.4, -0.2) is 19.0 Å². The molecule has 18 heavy (non-hydrogen) atoms. The molecule has 0 aromatic heterocycles. The SMILES string of the molecule is NCCC(=O)NCC1(c2ccc(Cl)cc2)CCC1. The molecule has 0 atom stereocenters. The second-order valence-electron chi connectivity index (χ2n) is 4.96. The monoisotopic (exact) mass is 266 g/mol. The van der Waals surface area contributed by atoms with Crippen molar-refractivity contribution in [3.05, 3.63) is 34.9 Å². The molecule has 3 nitrogen and oxygen atoms in total. The van der Waals surface area contributed by atoms with Crippen molar-refractivity contribution in [1.29, 1.82) is 0 Å². The minimum absolute atomic E-state index is 0.0396. The maximum Gasteiger partial charge on any atom is 0.221 e. The van der Waals surface area contributed by atoms with Gasteiger partial charge >= 0.3 is 0 Å². The number of carbonyl (C=O) groups is 1. The van der Waals surface area contributed by atoms with Gasteiger partial charge in [0.15, 0.2) is 0 Å². The summed E-state index contributed by atoms with van der Waals surface area (Å²) < 4.78 is 0. The lowest BCUT2D eigenvalue weighted by Gasteiger charge is -2.42. The molecule has 1 aliphatic carbocycles. The van der Waals surface area contributed by atoms with Crippen LogP contribution in [-0.2, 0) is 10.2 Å². The van der Waals surface area contributed by atoms with Gasteiger partial charge in [-0.3, -0.25) is 4.79 Å². The first-order valence-corrected chi connectivity index (χ1v) is 6.77. The van der Waals surface area contributed by atoms with E-state index < -0.39 is 0 Å². The van der Waals surface area contributed by atoms with Gasteiger partial charge in [-0.1, -0.05) is 30.2 Å². The van der Waals surface area contributed by atoms with E-state index in [2.05, 4.69) is 17.4 Å². The fourth-order valence-corrected chi connectivity index (χ4v) is 2.59. The molecule has 0 saturated heterocycles. The first-order valence-electron chi connectivity index (χ1n) is 6.39. The Balaban J connectivity index is 2.02. The predicted molar refractivity (Wildman–Crippen MR) is 73.7 cm³/mol. The molecule has 3 N–H and O–H groups in total. The van der Waals surface area contributed by atoms with E-state index in [0.29, 0.717) is 19.5 Å². The van der Waals surface area contributed by atoms with Crippen LogP contribution in [0.2, 0.25) is 5.02 Å². The van der Waals surface area contributed by atoms with Crippen LogP contribution in [0.25, 0.3) is 0 Å². The second-order valence-corrected chi connectivity index (χ2v) is 5.39. The van der Waals surface area contributed by atoms with Gasteiger partial charge in [-0.05, 0) is 30.5 Å². The smallest absolute Gasteiger partial charge is 0.221 e. The normalized spacial score (nSPS) is 17.0. The molecule has 1 aliphatic rings. The highest BCUT2D eigenvalue weighted by Gasteiger charge is 2.38. The highest BCUT2D eigenvalue weighted by atomic mass is 35.5. The maximum absolute atomic E-state index is 11.5. The van der Waals surface area contributed by atoms with Crippen LogP contribution in [0.15, 0.2) is 24.3 Å². The van der Waals surface area contributed by atoms with E-state index in [0.717, 1.165) is 17.9 Å². The third-order valence-corrected chi connectivity index (χ3v) is 4.01. The number of nitrogens with two attached hydrogens (primary N) is 1. The van der Waals surface area contributed by atoms with Crippen molar-refractivity contribution in [3.8, 4) is 0 Å². The Morgan fingerprint density at radius 1 is 1.33 bits per heavy atom. The van der Waals surface area contributed by atoms with Crippen LogP contribution >= 0.6 is 11.6 Å². The average molecular weight is 267 g/mol. The molecular weight excluding hydrogens is 248 g/mol. The van der Waals surface area contributed by atoms with Gasteiger partial charge < -0.3 is 11.1 Å². The lowest BCUT2D eigenvalue weighted by atomic mass is 9.64. The fraction of sp³-hybridized carbons (Fsp3) is 0.500. The van der Waals surface area contributed by atoms with Gasteiger partial charge in [0.1, 0.15) is 0 Å². The summed E-state index contributed by atoms with van der Waals surface area (Å²) in [5.74, 6) is 0.0396. The van der Waals surface area contributed by atoms with Gasteiger partial charge in [0.05, 0.1) is 0 Å². The van der Waals surface area contributed by atoms with Crippen LogP contribution in [0.5, 0.6) is 0 Å². The summed E-state index contributed by atoms with van der Waals surface area (Å²) in [6.45, 7) is 1.10. The quantitative estimate of drug-likeness (QED) is 0.859. The average Bonchev–Trinajstić information content (AvgIpc) is 2.30. The molecule has 1 fully saturated rings.